The first-order valence-corrected chi connectivity index (χ1v) is 10.0. The van der Waals surface area contributed by atoms with E-state index in [0.717, 1.165) is 0 Å². The van der Waals surface area contributed by atoms with Crippen molar-refractivity contribution >= 4 is 40.5 Å². The lowest BCUT2D eigenvalue weighted by atomic mass is 10.7. The maximum atomic E-state index is 11.0. The third-order valence-electron chi connectivity index (χ3n) is 2.25. The second-order valence-corrected chi connectivity index (χ2v) is 11.2. The summed E-state index contributed by atoms with van der Waals surface area (Å²) in [6, 6.07) is 0. The smallest absolute Gasteiger partial charge is 0.303 e. The van der Waals surface area contributed by atoms with E-state index in [9.17, 15) is 33.7 Å². The van der Waals surface area contributed by atoms with Crippen LogP contribution in [0.5, 0.6) is 0 Å². The summed E-state index contributed by atoms with van der Waals surface area (Å²) in [6.45, 7) is -0.265. The Kier molecular flexibility index (Phi) is 4.97. The van der Waals surface area contributed by atoms with Gasteiger partial charge in [-0.1, -0.05) is 0 Å². The van der Waals surface area contributed by atoms with E-state index in [1.165, 1.54) is 0 Å². The lowest BCUT2D eigenvalue weighted by molar-refractivity contribution is 0.0246. The molecule has 0 bridgehead atoms. The van der Waals surface area contributed by atoms with Crippen molar-refractivity contribution in [2.45, 2.75) is 22.4 Å². The maximum absolute atomic E-state index is 11.0. The summed E-state index contributed by atoms with van der Waals surface area (Å²) in [7, 11) is -23.9. The highest BCUT2D eigenvalue weighted by atomic mass is 32.3. The molecule has 0 fully saturated rings. The normalized spacial score (nSPS) is 15.9. The molecule has 0 aromatic heterocycles. The van der Waals surface area contributed by atoms with Crippen molar-refractivity contribution in [3.8, 4) is 0 Å². The SMILES string of the molecule is CC(OC(C)(S(=O)(=O)O)S(=O)(=O)O)(S(=O)(=O)O)S(=O)(=O)O. The van der Waals surface area contributed by atoms with E-state index in [4.69, 9.17) is 18.2 Å². The first-order chi connectivity index (χ1) is 8.71. The zero-order valence-electron chi connectivity index (χ0n) is 10.1. The van der Waals surface area contributed by atoms with Crippen LogP contribution < -0.4 is 0 Å². The van der Waals surface area contributed by atoms with Gasteiger partial charge in [-0.2, -0.15) is 33.7 Å². The monoisotopic (exact) mass is 394 g/mol. The Hall–Kier alpha value is -0.400. The molecule has 0 atom stereocenters. The first-order valence-electron chi connectivity index (χ1n) is 4.29. The van der Waals surface area contributed by atoms with E-state index in [-0.39, 0.29) is 13.8 Å². The second-order valence-electron chi connectivity index (χ2n) is 3.73. The molecule has 21 heavy (non-hydrogen) atoms. The number of rotatable bonds is 6. The Balaban J connectivity index is 6.72. The fourth-order valence-electron chi connectivity index (χ4n) is 0.814. The largest absolute Gasteiger partial charge is 0.320 e. The molecule has 0 aliphatic carbocycles. The van der Waals surface area contributed by atoms with Gasteiger partial charge in [0, 0.05) is 0 Å². The summed E-state index contributed by atoms with van der Waals surface area (Å²) in [6.07, 6.45) is 0. The minimum atomic E-state index is -5.99. The zero-order valence-corrected chi connectivity index (χ0v) is 13.4. The minimum absolute atomic E-state index is 0.133. The van der Waals surface area contributed by atoms with Crippen LogP contribution in [0.3, 0.4) is 0 Å². The van der Waals surface area contributed by atoms with Gasteiger partial charge in [0.2, 0.25) is 0 Å². The summed E-state index contributed by atoms with van der Waals surface area (Å²) in [4.78, 5) is 0. The first kappa shape index (κ1) is 20.6. The van der Waals surface area contributed by atoms with Crippen LogP contribution >= 0.6 is 0 Å². The summed E-state index contributed by atoms with van der Waals surface area (Å²) >= 11 is 0. The van der Waals surface area contributed by atoms with Crippen LogP contribution in [0.2, 0.25) is 0 Å². The van der Waals surface area contributed by atoms with Crippen molar-refractivity contribution in [3.63, 3.8) is 0 Å². The Labute approximate surface area is 119 Å². The molecule has 128 valence electrons. The van der Waals surface area contributed by atoms with Gasteiger partial charge >= 0.3 is 49.0 Å². The zero-order chi connectivity index (χ0) is 17.7. The van der Waals surface area contributed by atoms with Crippen LogP contribution in [0.4, 0.5) is 0 Å². The van der Waals surface area contributed by atoms with Gasteiger partial charge in [-0.25, -0.2) is 0 Å². The van der Waals surface area contributed by atoms with Gasteiger partial charge in [0.05, 0.1) is 0 Å². The molecule has 0 amide bonds. The number of hydrogen-bond donors (Lipinski definition) is 4. The van der Waals surface area contributed by atoms with E-state index in [0.29, 0.717) is 0 Å². The Morgan fingerprint density at radius 3 is 0.810 bits per heavy atom. The molecule has 0 spiro atoms. The summed E-state index contributed by atoms with van der Waals surface area (Å²) in [5.41, 5.74) is 0. The predicted octanol–water partition coefficient (Wildman–Crippen LogP) is -2.10. The minimum Gasteiger partial charge on any atom is -0.303 e. The highest BCUT2D eigenvalue weighted by molar-refractivity contribution is 8.06. The summed E-state index contributed by atoms with van der Waals surface area (Å²) in [5.74, 6) is 0. The van der Waals surface area contributed by atoms with Crippen LogP contribution in [0.1, 0.15) is 13.8 Å². The second kappa shape index (κ2) is 5.06. The van der Waals surface area contributed by atoms with Crippen LogP contribution in [0.25, 0.3) is 0 Å². The molecule has 0 aromatic rings. The molecular weight excluding hydrogens is 384 g/mol. The van der Waals surface area contributed by atoms with E-state index >= 15 is 0 Å². The molecule has 0 aromatic carbocycles. The molecule has 13 nitrogen and oxygen atoms in total. The lowest BCUT2D eigenvalue weighted by Gasteiger charge is -2.31. The van der Waals surface area contributed by atoms with Crippen molar-refractivity contribution in [2.24, 2.45) is 0 Å². The Bertz CT molecular complexity index is 688. The average Bonchev–Trinajstić information content (AvgIpc) is 2.09. The van der Waals surface area contributed by atoms with Crippen molar-refractivity contribution < 1.29 is 56.6 Å². The highest BCUT2D eigenvalue weighted by Crippen LogP contribution is 2.35. The van der Waals surface area contributed by atoms with Crippen molar-refractivity contribution in [1.29, 1.82) is 0 Å². The van der Waals surface area contributed by atoms with E-state index in [1.54, 1.807) is 0 Å². The van der Waals surface area contributed by atoms with Gasteiger partial charge in [0.15, 0.2) is 0 Å². The van der Waals surface area contributed by atoms with Crippen LogP contribution in [0.15, 0.2) is 0 Å². The third kappa shape index (κ3) is 3.51. The molecule has 0 radical (unpaired) electrons. The summed E-state index contributed by atoms with van der Waals surface area (Å²) in [5, 5.41) is 0. The van der Waals surface area contributed by atoms with Crippen molar-refractivity contribution in [1.82, 2.24) is 0 Å². The van der Waals surface area contributed by atoms with Gasteiger partial charge in [0.1, 0.15) is 0 Å². The van der Waals surface area contributed by atoms with Crippen LogP contribution in [-0.4, -0.2) is 60.4 Å². The lowest BCUT2D eigenvalue weighted by Crippen LogP contribution is -2.57. The van der Waals surface area contributed by atoms with E-state index < -0.39 is 49.0 Å². The van der Waals surface area contributed by atoms with Crippen molar-refractivity contribution in [3.05, 3.63) is 0 Å². The molecule has 0 aliphatic heterocycles. The van der Waals surface area contributed by atoms with Gasteiger partial charge in [0.25, 0.3) is 0 Å². The topological polar surface area (TPSA) is 227 Å². The molecule has 0 unspecified atom stereocenters. The highest BCUT2D eigenvalue weighted by Gasteiger charge is 2.63. The molecule has 4 N–H and O–H groups in total. The number of ether oxygens (including phenoxy) is 1. The standard InChI is InChI=1S/C4H10O13S4/c1-3(18(5,6)7,19(8,9)10)17-4(2,20(11,12)13)21(14,15)16/h1-2H3,(H,5,6,7)(H,8,9,10)(H,11,12,13)(H,14,15,16). The molecule has 0 saturated carbocycles. The van der Waals surface area contributed by atoms with Crippen LogP contribution in [0, 0.1) is 0 Å². The third-order valence-corrected chi connectivity index (χ3v) is 8.85. The molecule has 0 rings (SSSR count). The maximum Gasteiger partial charge on any atom is 0.320 e. The van der Waals surface area contributed by atoms with Gasteiger partial charge < -0.3 is 4.74 Å². The van der Waals surface area contributed by atoms with Gasteiger partial charge in [-0.05, 0) is 13.8 Å². The fourth-order valence-corrected chi connectivity index (χ4v) is 4.24. The van der Waals surface area contributed by atoms with Gasteiger partial charge in [-0.3, -0.25) is 18.2 Å². The molecule has 0 saturated heterocycles. The predicted molar refractivity (Wildman–Crippen MR) is 64.1 cm³/mol. The van der Waals surface area contributed by atoms with E-state index in [2.05, 4.69) is 4.74 Å². The van der Waals surface area contributed by atoms with Gasteiger partial charge in [-0.15, -0.1) is 0 Å². The number of hydrogen-bond acceptors (Lipinski definition) is 9. The fraction of sp³-hybridized carbons (Fsp3) is 1.00. The molecule has 0 heterocycles. The van der Waals surface area contributed by atoms with E-state index in [1.807, 2.05) is 0 Å². The molecular formula is C4H10O13S4. The average molecular weight is 394 g/mol. The Morgan fingerprint density at radius 2 is 0.714 bits per heavy atom. The quantitative estimate of drug-likeness (QED) is 0.354. The molecule has 17 heteroatoms. The summed E-state index contributed by atoms with van der Waals surface area (Å²) < 4.78 is 118. The Morgan fingerprint density at radius 1 is 0.571 bits per heavy atom. The molecule has 0 aliphatic rings. The van der Waals surface area contributed by atoms with Crippen molar-refractivity contribution in [2.75, 3.05) is 0 Å². The van der Waals surface area contributed by atoms with Crippen LogP contribution in [-0.2, 0) is 45.2 Å².